The lowest BCUT2D eigenvalue weighted by Gasteiger charge is -2.14. The first-order chi connectivity index (χ1) is 13.9. The SMILES string of the molecule is O=C(/C=C/c1ccc(O)c(O)c1)NCCC[C@H](NC(=O)c1ccccc1)C(=O)O. The van der Waals surface area contributed by atoms with Gasteiger partial charge in [0.1, 0.15) is 6.04 Å². The molecule has 29 heavy (non-hydrogen) atoms. The van der Waals surface area contributed by atoms with Crippen LogP contribution < -0.4 is 10.6 Å². The Hall–Kier alpha value is -3.81. The van der Waals surface area contributed by atoms with E-state index in [1.54, 1.807) is 30.3 Å². The van der Waals surface area contributed by atoms with E-state index in [2.05, 4.69) is 10.6 Å². The minimum absolute atomic E-state index is 0.156. The molecule has 0 aliphatic heterocycles. The Morgan fingerprint density at radius 2 is 1.72 bits per heavy atom. The molecule has 0 unspecified atom stereocenters. The number of aromatic hydroxyl groups is 2. The van der Waals surface area contributed by atoms with E-state index in [1.165, 1.54) is 30.4 Å². The second-order valence-corrected chi connectivity index (χ2v) is 6.25. The van der Waals surface area contributed by atoms with Gasteiger partial charge in [0.05, 0.1) is 0 Å². The summed E-state index contributed by atoms with van der Waals surface area (Å²) >= 11 is 0. The summed E-state index contributed by atoms with van der Waals surface area (Å²) in [5.74, 6) is -2.55. The molecule has 0 heterocycles. The molecule has 0 saturated heterocycles. The second-order valence-electron chi connectivity index (χ2n) is 6.25. The van der Waals surface area contributed by atoms with Crippen molar-refractivity contribution in [3.05, 3.63) is 65.7 Å². The number of benzene rings is 2. The molecule has 0 saturated carbocycles. The normalized spacial score (nSPS) is 11.7. The molecule has 8 nitrogen and oxygen atoms in total. The summed E-state index contributed by atoms with van der Waals surface area (Å²) < 4.78 is 0. The zero-order valence-corrected chi connectivity index (χ0v) is 15.5. The van der Waals surface area contributed by atoms with Gasteiger partial charge in [-0.15, -0.1) is 0 Å². The molecule has 0 aliphatic carbocycles. The van der Waals surface area contributed by atoms with Crippen LogP contribution in [0, 0.1) is 0 Å². The van der Waals surface area contributed by atoms with Gasteiger partial charge >= 0.3 is 5.97 Å². The van der Waals surface area contributed by atoms with Crippen LogP contribution in [0.4, 0.5) is 0 Å². The quantitative estimate of drug-likeness (QED) is 0.249. The van der Waals surface area contributed by atoms with Crippen molar-refractivity contribution in [1.82, 2.24) is 10.6 Å². The van der Waals surface area contributed by atoms with Gasteiger partial charge in [0.25, 0.3) is 5.91 Å². The Morgan fingerprint density at radius 3 is 2.38 bits per heavy atom. The van der Waals surface area contributed by atoms with E-state index >= 15 is 0 Å². The van der Waals surface area contributed by atoms with Crippen molar-refractivity contribution in [1.29, 1.82) is 0 Å². The Labute approximate surface area is 167 Å². The molecule has 0 fully saturated rings. The van der Waals surface area contributed by atoms with E-state index in [0.717, 1.165) is 0 Å². The number of aliphatic carboxylic acids is 1. The Bertz CT molecular complexity index is 895. The highest BCUT2D eigenvalue weighted by molar-refractivity contribution is 5.96. The van der Waals surface area contributed by atoms with Gasteiger partial charge in [-0.3, -0.25) is 9.59 Å². The number of carbonyl (C=O) groups excluding carboxylic acids is 2. The summed E-state index contributed by atoms with van der Waals surface area (Å²) in [6.07, 6.45) is 3.24. The Morgan fingerprint density at radius 1 is 1.00 bits per heavy atom. The van der Waals surface area contributed by atoms with E-state index in [9.17, 15) is 29.7 Å². The van der Waals surface area contributed by atoms with Gasteiger partial charge in [-0.05, 0) is 48.7 Å². The molecule has 5 N–H and O–H groups in total. The number of carboxylic acids is 1. The van der Waals surface area contributed by atoms with Gasteiger partial charge in [-0.25, -0.2) is 4.79 Å². The maximum absolute atomic E-state index is 12.1. The van der Waals surface area contributed by atoms with Crippen molar-refractivity contribution >= 4 is 23.9 Å². The third kappa shape index (κ3) is 7.02. The Kier molecular flexibility index (Phi) is 7.78. The lowest BCUT2D eigenvalue weighted by Crippen LogP contribution is -2.41. The summed E-state index contributed by atoms with van der Waals surface area (Å²) in [5.41, 5.74) is 0.905. The molecule has 0 bridgehead atoms. The van der Waals surface area contributed by atoms with Crippen molar-refractivity contribution in [3.8, 4) is 11.5 Å². The number of hydrogen-bond donors (Lipinski definition) is 5. The number of rotatable bonds is 9. The van der Waals surface area contributed by atoms with Crippen LogP contribution in [0.2, 0.25) is 0 Å². The van der Waals surface area contributed by atoms with Crippen LogP contribution >= 0.6 is 0 Å². The number of carboxylic acid groups (broad SMARTS) is 1. The van der Waals surface area contributed by atoms with E-state index in [4.69, 9.17) is 0 Å². The average molecular weight is 398 g/mol. The monoisotopic (exact) mass is 398 g/mol. The third-order valence-electron chi connectivity index (χ3n) is 4.03. The van der Waals surface area contributed by atoms with Gasteiger partial charge < -0.3 is 26.0 Å². The zero-order valence-electron chi connectivity index (χ0n) is 15.5. The van der Waals surface area contributed by atoms with Crippen LogP contribution in [0.15, 0.2) is 54.6 Å². The van der Waals surface area contributed by atoms with Crippen LogP contribution in [0.3, 0.4) is 0 Å². The Balaban J connectivity index is 1.77. The highest BCUT2D eigenvalue weighted by Gasteiger charge is 2.20. The molecule has 0 spiro atoms. The lowest BCUT2D eigenvalue weighted by molar-refractivity contribution is -0.139. The molecule has 2 amide bonds. The number of phenolic OH excluding ortho intramolecular Hbond substituents is 2. The first-order valence-corrected chi connectivity index (χ1v) is 8.93. The minimum atomic E-state index is -1.15. The molecule has 0 radical (unpaired) electrons. The van der Waals surface area contributed by atoms with Gasteiger partial charge in [0, 0.05) is 18.2 Å². The van der Waals surface area contributed by atoms with Crippen LogP contribution in [0.1, 0.15) is 28.8 Å². The maximum Gasteiger partial charge on any atom is 0.326 e. The van der Waals surface area contributed by atoms with Crippen molar-refractivity contribution in [2.24, 2.45) is 0 Å². The van der Waals surface area contributed by atoms with Crippen LogP contribution in [-0.2, 0) is 9.59 Å². The predicted octanol–water partition coefficient (Wildman–Crippen LogP) is 1.89. The molecule has 2 aromatic carbocycles. The molecule has 2 rings (SSSR count). The third-order valence-corrected chi connectivity index (χ3v) is 4.03. The lowest BCUT2D eigenvalue weighted by atomic mass is 10.1. The van der Waals surface area contributed by atoms with Gasteiger partial charge in [0.2, 0.25) is 5.91 Å². The van der Waals surface area contributed by atoms with E-state index in [1.807, 2.05) is 0 Å². The van der Waals surface area contributed by atoms with Crippen molar-refractivity contribution in [2.75, 3.05) is 6.54 Å². The topological polar surface area (TPSA) is 136 Å². The molecule has 152 valence electrons. The van der Waals surface area contributed by atoms with Crippen LogP contribution in [-0.4, -0.2) is 45.7 Å². The van der Waals surface area contributed by atoms with Crippen LogP contribution in [0.5, 0.6) is 11.5 Å². The minimum Gasteiger partial charge on any atom is -0.504 e. The number of amides is 2. The summed E-state index contributed by atoms with van der Waals surface area (Å²) in [4.78, 5) is 35.2. The maximum atomic E-state index is 12.1. The molecular formula is C21H22N2O6. The second kappa shape index (κ2) is 10.5. The summed E-state index contributed by atoms with van der Waals surface area (Å²) in [5, 5.41) is 33.0. The summed E-state index contributed by atoms with van der Waals surface area (Å²) in [7, 11) is 0. The predicted molar refractivity (Wildman–Crippen MR) is 106 cm³/mol. The van der Waals surface area contributed by atoms with Crippen LogP contribution in [0.25, 0.3) is 6.08 Å². The smallest absolute Gasteiger partial charge is 0.326 e. The summed E-state index contributed by atoms with van der Waals surface area (Å²) in [6.45, 7) is 0.231. The van der Waals surface area contributed by atoms with Gasteiger partial charge in [-0.2, -0.15) is 0 Å². The highest BCUT2D eigenvalue weighted by Crippen LogP contribution is 2.25. The van der Waals surface area contributed by atoms with E-state index < -0.39 is 23.8 Å². The molecule has 2 aromatic rings. The van der Waals surface area contributed by atoms with Gasteiger partial charge in [-0.1, -0.05) is 24.3 Å². The summed E-state index contributed by atoms with van der Waals surface area (Å²) in [6, 6.07) is 11.4. The fraction of sp³-hybridized carbons (Fsp3) is 0.190. The fourth-order valence-corrected chi connectivity index (χ4v) is 2.48. The highest BCUT2D eigenvalue weighted by atomic mass is 16.4. The van der Waals surface area contributed by atoms with Crippen molar-refractivity contribution in [3.63, 3.8) is 0 Å². The largest absolute Gasteiger partial charge is 0.504 e. The first-order valence-electron chi connectivity index (χ1n) is 8.93. The molecule has 8 heteroatoms. The average Bonchev–Trinajstić information content (AvgIpc) is 2.71. The standard InChI is InChI=1S/C21H22N2O6/c24-17-10-8-14(13-18(17)25)9-11-19(26)22-12-4-7-16(21(28)29)23-20(27)15-5-2-1-3-6-15/h1-3,5-6,8-11,13,16,24-25H,4,7,12H2,(H,22,26)(H,23,27)(H,28,29)/b11-9+/t16-/m0/s1. The molecule has 0 aliphatic rings. The van der Waals surface area contributed by atoms with E-state index in [-0.39, 0.29) is 24.5 Å². The number of hydrogen-bond acceptors (Lipinski definition) is 5. The number of nitrogens with one attached hydrogen (secondary N) is 2. The van der Waals surface area contributed by atoms with Crippen molar-refractivity contribution in [2.45, 2.75) is 18.9 Å². The molecule has 1 atom stereocenters. The first kappa shape index (κ1) is 21.5. The van der Waals surface area contributed by atoms with E-state index in [0.29, 0.717) is 17.5 Å². The zero-order chi connectivity index (χ0) is 21.2. The molecule has 0 aromatic heterocycles. The number of phenols is 2. The van der Waals surface area contributed by atoms with Crippen molar-refractivity contribution < 1.29 is 29.7 Å². The van der Waals surface area contributed by atoms with Gasteiger partial charge in [0.15, 0.2) is 11.5 Å². The number of carbonyl (C=O) groups is 3. The fourth-order valence-electron chi connectivity index (χ4n) is 2.48. The molecular weight excluding hydrogens is 376 g/mol.